The smallest absolute Gasteiger partial charge is 0.324 e. The molecule has 172 valence electrons. The number of aromatic nitrogens is 1. The number of non-ortho nitro benzene ring substituents is 1. The number of nitrogens with zero attached hydrogens (tertiary/aromatic N) is 4. The Bertz CT molecular complexity index is 1390. The summed E-state index contributed by atoms with van der Waals surface area (Å²) in [5, 5.41) is 50.2. The lowest BCUT2D eigenvalue weighted by Crippen LogP contribution is -1.97. The van der Waals surface area contributed by atoms with Gasteiger partial charge < -0.3 is 10.2 Å². The van der Waals surface area contributed by atoms with E-state index in [0.717, 1.165) is 22.2 Å². The van der Waals surface area contributed by atoms with E-state index in [-0.39, 0.29) is 11.6 Å². The fourth-order valence-electron chi connectivity index (χ4n) is 2.86. The van der Waals surface area contributed by atoms with Crippen LogP contribution >= 0.6 is 0 Å². The van der Waals surface area contributed by atoms with Crippen LogP contribution in [-0.2, 0) is 0 Å². The fourth-order valence-corrected chi connectivity index (χ4v) is 2.86. The third kappa shape index (κ3) is 5.16. The Balaban J connectivity index is 0.000000192. The molecule has 3 aromatic carbocycles. The Labute approximate surface area is 188 Å². The predicted molar refractivity (Wildman–Crippen MR) is 117 cm³/mol. The molecule has 1 heterocycles. The first-order valence-corrected chi connectivity index (χ1v) is 9.22. The van der Waals surface area contributed by atoms with Crippen LogP contribution in [0.15, 0.2) is 66.7 Å². The molecule has 34 heavy (non-hydrogen) atoms. The van der Waals surface area contributed by atoms with Crippen molar-refractivity contribution in [2.75, 3.05) is 0 Å². The van der Waals surface area contributed by atoms with Crippen LogP contribution in [0, 0.1) is 36.2 Å². The van der Waals surface area contributed by atoms with E-state index >= 15 is 0 Å². The molecule has 0 atom stereocenters. The standard InChI is InChI=1S/C15H10FNO.C6H3N3O7/c16-12-4-8-15-11(9-12)3-7-14(17-15)10-1-5-13(18)6-2-10;10-6-4(8(13)14)1-3(7(11)12)2-5(6)9(15)16/h1-9,18H;1-2,10H. The van der Waals surface area contributed by atoms with Crippen LogP contribution in [-0.4, -0.2) is 30.0 Å². The van der Waals surface area contributed by atoms with Gasteiger partial charge in [0, 0.05) is 10.9 Å². The van der Waals surface area contributed by atoms with E-state index in [0.29, 0.717) is 12.1 Å². The Morgan fingerprint density at radius 2 is 1.32 bits per heavy atom. The number of phenolic OH excluding ortho intramolecular Hbond substituents is 2. The van der Waals surface area contributed by atoms with Gasteiger partial charge in [0.15, 0.2) is 0 Å². The van der Waals surface area contributed by atoms with Crippen molar-refractivity contribution in [3.8, 4) is 22.8 Å². The highest BCUT2D eigenvalue weighted by molar-refractivity contribution is 5.81. The minimum atomic E-state index is -1.21. The Kier molecular flexibility index (Phi) is 6.57. The first-order chi connectivity index (χ1) is 16.1. The molecule has 12 nitrogen and oxygen atoms in total. The van der Waals surface area contributed by atoms with Crippen LogP contribution in [0.3, 0.4) is 0 Å². The lowest BCUT2D eigenvalue weighted by atomic mass is 10.1. The monoisotopic (exact) mass is 468 g/mol. The number of nitro groups is 3. The van der Waals surface area contributed by atoms with Gasteiger partial charge in [0.25, 0.3) is 11.4 Å². The first kappa shape index (κ1) is 23.5. The van der Waals surface area contributed by atoms with Gasteiger partial charge in [-0.25, -0.2) is 9.37 Å². The normalized spacial score (nSPS) is 10.3. The van der Waals surface area contributed by atoms with Crippen LogP contribution in [0.1, 0.15) is 0 Å². The van der Waals surface area contributed by atoms with Gasteiger partial charge in [-0.3, -0.25) is 30.3 Å². The Hall–Kier alpha value is -5.20. The van der Waals surface area contributed by atoms with Gasteiger partial charge in [-0.05, 0) is 48.5 Å². The third-order valence-corrected chi connectivity index (χ3v) is 4.47. The summed E-state index contributed by atoms with van der Waals surface area (Å²) in [4.78, 5) is 32.2. The maximum absolute atomic E-state index is 13.0. The summed E-state index contributed by atoms with van der Waals surface area (Å²) in [5.41, 5.74) is -0.534. The second-order valence-corrected chi connectivity index (χ2v) is 6.68. The number of hydrogen-bond donors (Lipinski definition) is 2. The number of nitro benzene ring substituents is 3. The minimum Gasteiger partial charge on any atom is -0.508 e. The van der Waals surface area contributed by atoms with Crippen LogP contribution in [0.25, 0.3) is 22.2 Å². The highest BCUT2D eigenvalue weighted by Gasteiger charge is 2.30. The van der Waals surface area contributed by atoms with E-state index in [1.807, 2.05) is 12.1 Å². The Morgan fingerprint density at radius 3 is 1.85 bits per heavy atom. The van der Waals surface area contributed by atoms with Gasteiger partial charge in [-0.2, -0.15) is 0 Å². The van der Waals surface area contributed by atoms with Crippen molar-refractivity contribution in [3.05, 3.63) is 103 Å². The molecular formula is C21H13FN4O8. The van der Waals surface area contributed by atoms with Gasteiger partial charge in [-0.15, -0.1) is 0 Å². The average Bonchev–Trinajstić information content (AvgIpc) is 2.79. The van der Waals surface area contributed by atoms with Crippen molar-refractivity contribution in [2.45, 2.75) is 0 Å². The van der Waals surface area contributed by atoms with E-state index < -0.39 is 37.6 Å². The van der Waals surface area contributed by atoms with Crippen molar-refractivity contribution in [2.24, 2.45) is 0 Å². The van der Waals surface area contributed by atoms with Gasteiger partial charge in [0.05, 0.1) is 38.1 Å². The SMILES string of the molecule is O=[N+]([O-])c1cc([N+](=O)[O-])c(O)c([N+](=O)[O-])c1.Oc1ccc(-c2ccc3cc(F)ccc3n2)cc1. The third-order valence-electron chi connectivity index (χ3n) is 4.47. The molecule has 0 spiro atoms. The second-order valence-electron chi connectivity index (χ2n) is 6.68. The molecule has 4 aromatic rings. The summed E-state index contributed by atoms with van der Waals surface area (Å²) in [6.07, 6.45) is 0. The highest BCUT2D eigenvalue weighted by atomic mass is 19.1. The molecule has 4 rings (SSSR count). The Morgan fingerprint density at radius 1 is 0.735 bits per heavy atom. The van der Waals surface area contributed by atoms with Crippen LogP contribution in [0.4, 0.5) is 21.5 Å². The topological polar surface area (TPSA) is 183 Å². The molecule has 0 aliphatic heterocycles. The maximum atomic E-state index is 13.0. The fraction of sp³-hybridized carbons (Fsp3) is 0. The van der Waals surface area contributed by atoms with Gasteiger partial charge >= 0.3 is 11.4 Å². The van der Waals surface area contributed by atoms with Crippen molar-refractivity contribution < 1.29 is 29.4 Å². The lowest BCUT2D eigenvalue weighted by molar-refractivity contribution is -0.404. The molecule has 2 N–H and O–H groups in total. The molecule has 0 aliphatic rings. The number of phenols is 2. The number of benzene rings is 3. The summed E-state index contributed by atoms with van der Waals surface area (Å²) in [5.74, 6) is -1.25. The van der Waals surface area contributed by atoms with Crippen LogP contribution in [0.5, 0.6) is 11.5 Å². The maximum Gasteiger partial charge on any atom is 0.324 e. The molecule has 0 unspecified atom stereocenters. The molecule has 0 amide bonds. The molecule has 0 radical (unpaired) electrons. The number of halogens is 1. The molecule has 0 saturated carbocycles. The summed E-state index contributed by atoms with van der Waals surface area (Å²) in [6.45, 7) is 0. The van der Waals surface area contributed by atoms with Gasteiger partial charge in [-0.1, -0.05) is 6.07 Å². The van der Waals surface area contributed by atoms with Crippen LogP contribution in [0.2, 0.25) is 0 Å². The minimum absolute atomic E-state index is 0.224. The van der Waals surface area contributed by atoms with Crippen LogP contribution < -0.4 is 0 Å². The van der Waals surface area contributed by atoms with E-state index in [9.17, 15) is 39.8 Å². The number of rotatable bonds is 4. The molecule has 0 bridgehead atoms. The van der Waals surface area contributed by atoms with Crippen molar-refractivity contribution in [1.82, 2.24) is 4.98 Å². The number of aromatic hydroxyl groups is 2. The van der Waals surface area contributed by atoms with E-state index in [2.05, 4.69) is 4.98 Å². The molecule has 0 aliphatic carbocycles. The number of pyridine rings is 1. The van der Waals surface area contributed by atoms with Gasteiger partial charge in [0.1, 0.15) is 11.6 Å². The number of hydrogen-bond acceptors (Lipinski definition) is 9. The molecular weight excluding hydrogens is 455 g/mol. The highest BCUT2D eigenvalue weighted by Crippen LogP contribution is 2.39. The second kappa shape index (κ2) is 9.52. The first-order valence-electron chi connectivity index (χ1n) is 9.22. The van der Waals surface area contributed by atoms with E-state index in [4.69, 9.17) is 5.11 Å². The summed E-state index contributed by atoms with van der Waals surface area (Å²) >= 11 is 0. The average molecular weight is 468 g/mol. The zero-order valence-corrected chi connectivity index (χ0v) is 16.9. The van der Waals surface area contributed by atoms with E-state index in [1.165, 1.54) is 12.1 Å². The summed E-state index contributed by atoms with van der Waals surface area (Å²) in [6, 6.07) is 15.9. The molecule has 13 heteroatoms. The van der Waals surface area contributed by atoms with E-state index in [1.54, 1.807) is 30.3 Å². The predicted octanol–water partition coefficient (Wildman–Crippen LogP) is 4.86. The molecule has 0 saturated heterocycles. The molecule has 1 aromatic heterocycles. The van der Waals surface area contributed by atoms with Crippen molar-refractivity contribution in [3.63, 3.8) is 0 Å². The largest absolute Gasteiger partial charge is 0.508 e. The van der Waals surface area contributed by atoms with Crippen molar-refractivity contribution >= 4 is 28.0 Å². The van der Waals surface area contributed by atoms with Crippen molar-refractivity contribution in [1.29, 1.82) is 0 Å². The number of fused-ring (bicyclic) bond motifs is 1. The zero-order chi connectivity index (χ0) is 25.0. The summed E-state index contributed by atoms with van der Waals surface area (Å²) in [7, 11) is 0. The molecule has 0 fully saturated rings. The quantitative estimate of drug-likeness (QED) is 0.312. The lowest BCUT2D eigenvalue weighted by Gasteiger charge is -2.03. The zero-order valence-electron chi connectivity index (χ0n) is 16.9. The summed E-state index contributed by atoms with van der Waals surface area (Å²) < 4.78 is 13.0. The van der Waals surface area contributed by atoms with Gasteiger partial charge in [0.2, 0.25) is 0 Å².